The van der Waals surface area contributed by atoms with Crippen LogP contribution in [0.15, 0.2) is 12.3 Å². The molecule has 130 valence electrons. The van der Waals surface area contributed by atoms with Gasteiger partial charge in [0.25, 0.3) is 0 Å². The summed E-state index contributed by atoms with van der Waals surface area (Å²) in [5, 5.41) is 0.0609. The SMILES string of the molecule is C#Cc1cc(N(C(=O)OC(C)(C)C)C(=O)OC(C)(C)C)c(Cl)cn1. The Morgan fingerprint density at radius 3 is 1.96 bits per heavy atom. The second-order valence-electron chi connectivity index (χ2n) is 6.96. The van der Waals surface area contributed by atoms with Crippen LogP contribution in [0.3, 0.4) is 0 Å². The van der Waals surface area contributed by atoms with Crippen molar-refractivity contribution in [1.29, 1.82) is 0 Å². The lowest BCUT2D eigenvalue weighted by Gasteiger charge is -2.29. The van der Waals surface area contributed by atoms with Crippen LogP contribution in [0, 0.1) is 12.3 Å². The number of nitrogens with zero attached hydrogens (tertiary/aromatic N) is 2. The van der Waals surface area contributed by atoms with Crippen molar-refractivity contribution in [3.63, 3.8) is 0 Å². The molecule has 0 aliphatic carbocycles. The number of rotatable bonds is 1. The van der Waals surface area contributed by atoms with Crippen molar-refractivity contribution in [2.45, 2.75) is 52.7 Å². The van der Waals surface area contributed by atoms with E-state index in [1.807, 2.05) is 0 Å². The van der Waals surface area contributed by atoms with E-state index in [-0.39, 0.29) is 16.4 Å². The molecule has 0 aliphatic heterocycles. The van der Waals surface area contributed by atoms with Gasteiger partial charge in [-0.1, -0.05) is 17.5 Å². The van der Waals surface area contributed by atoms with Crippen LogP contribution in [0.5, 0.6) is 0 Å². The first-order valence-corrected chi connectivity index (χ1v) is 7.60. The molecule has 1 heterocycles. The van der Waals surface area contributed by atoms with Crippen LogP contribution >= 0.6 is 11.6 Å². The van der Waals surface area contributed by atoms with Gasteiger partial charge in [0, 0.05) is 6.20 Å². The molecular weight excluding hydrogens is 332 g/mol. The van der Waals surface area contributed by atoms with Gasteiger partial charge in [-0.15, -0.1) is 6.42 Å². The Kier molecular flexibility index (Phi) is 5.85. The first-order valence-electron chi connectivity index (χ1n) is 7.22. The summed E-state index contributed by atoms with van der Waals surface area (Å²) >= 11 is 6.09. The maximum Gasteiger partial charge on any atom is 0.424 e. The Balaban J connectivity index is 3.36. The number of halogens is 1. The fraction of sp³-hybridized carbons (Fsp3) is 0.471. The Morgan fingerprint density at radius 1 is 1.12 bits per heavy atom. The van der Waals surface area contributed by atoms with Crippen molar-refractivity contribution < 1.29 is 19.1 Å². The highest BCUT2D eigenvalue weighted by molar-refractivity contribution is 6.34. The number of hydrogen-bond acceptors (Lipinski definition) is 5. The third-order valence-corrected chi connectivity index (χ3v) is 2.67. The molecule has 1 aromatic rings. The van der Waals surface area contributed by atoms with E-state index in [9.17, 15) is 9.59 Å². The topological polar surface area (TPSA) is 68.7 Å². The molecule has 0 fully saturated rings. The minimum atomic E-state index is -0.923. The van der Waals surface area contributed by atoms with Crippen molar-refractivity contribution >= 4 is 29.5 Å². The quantitative estimate of drug-likeness (QED) is 0.701. The summed E-state index contributed by atoms with van der Waals surface area (Å²) in [6, 6.07) is 1.34. The molecule has 0 N–H and O–H groups in total. The molecule has 0 saturated carbocycles. The van der Waals surface area contributed by atoms with Gasteiger partial charge in [0.05, 0.1) is 10.7 Å². The van der Waals surface area contributed by atoms with Gasteiger partial charge in [-0.05, 0) is 47.6 Å². The molecule has 1 aromatic heterocycles. The van der Waals surface area contributed by atoms with Crippen LogP contribution in [0.4, 0.5) is 15.3 Å². The van der Waals surface area contributed by atoms with Crippen LogP contribution in [-0.2, 0) is 9.47 Å². The molecule has 7 heteroatoms. The number of hydrogen-bond donors (Lipinski definition) is 0. The van der Waals surface area contributed by atoms with Crippen LogP contribution in [-0.4, -0.2) is 28.4 Å². The summed E-state index contributed by atoms with van der Waals surface area (Å²) in [6.45, 7) is 10.1. The predicted octanol–water partition coefficient (Wildman–Crippen LogP) is 4.39. The number of aromatic nitrogens is 1. The molecule has 0 radical (unpaired) electrons. The van der Waals surface area contributed by atoms with Crippen molar-refractivity contribution in [1.82, 2.24) is 4.98 Å². The highest BCUT2D eigenvalue weighted by Gasteiger charge is 2.34. The number of amides is 2. The van der Waals surface area contributed by atoms with Gasteiger partial charge in [-0.3, -0.25) is 0 Å². The van der Waals surface area contributed by atoms with E-state index in [1.54, 1.807) is 41.5 Å². The molecule has 0 saturated heterocycles. The standard InChI is InChI=1S/C17H21ClN2O4/c1-8-11-9-13(12(18)10-19-11)20(14(21)23-16(2,3)4)15(22)24-17(5,6)7/h1,9-10H,2-7H3. The molecule has 0 aromatic carbocycles. The van der Waals surface area contributed by atoms with Gasteiger partial charge < -0.3 is 9.47 Å². The third kappa shape index (κ3) is 5.74. The number of carbonyl (C=O) groups is 2. The van der Waals surface area contributed by atoms with E-state index in [0.717, 1.165) is 0 Å². The summed E-state index contributed by atoms with van der Waals surface area (Å²) in [6.07, 6.45) is 4.73. The normalized spacial score (nSPS) is 11.4. The molecule has 2 amide bonds. The van der Waals surface area contributed by atoms with Gasteiger partial charge in [0.2, 0.25) is 0 Å². The highest BCUT2D eigenvalue weighted by Crippen LogP contribution is 2.29. The van der Waals surface area contributed by atoms with E-state index >= 15 is 0 Å². The Bertz CT molecular complexity index is 653. The van der Waals surface area contributed by atoms with Gasteiger partial charge in [0.15, 0.2) is 0 Å². The largest absolute Gasteiger partial charge is 0.443 e. The summed E-state index contributed by atoms with van der Waals surface area (Å²) in [5.41, 5.74) is -1.37. The second kappa shape index (κ2) is 7.10. The minimum Gasteiger partial charge on any atom is -0.443 e. The average Bonchev–Trinajstić information content (AvgIpc) is 2.37. The van der Waals surface area contributed by atoms with Gasteiger partial charge in [-0.2, -0.15) is 4.90 Å². The smallest absolute Gasteiger partial charge is 0.424 e. The molecule has 24 heavy (non-hydrogen) atoms. The summed E-state index contributed by atoms with van der Waals surface area (Å²) < 4.78 is 10.5. The van der Waals surface area contributed by atoms with Crippen molar-refractivity contribution in [3.8, 4) is 12.3 Å². The molecule has 0 spiro atoms. The van der Waals surface area contributed by atoms with Gasteiger partial charge >= 0.3 is 12.2 Å². The lowest BCUT2D eigenvalue weighted by atomic mass is 10.2. The van der Waals surface area contributed by atoms with Crippen LogP contribution in [0.25, 0.3) is 0 Å². The van der Waals surface area contributed by atoms with E-state index in [4.69, 9.17) is 27.5 Å². The van der Waals surface area contributed by atoms with Crippen LogP contribution in [0.1, 0.15) is 47.2 Å². The van der Waals surface area contributed by atoms with Gasteiger partial charge in [0.1, 0.15) is 16.9 Å². The average molecular weight is 353 g/mol. The maximum atomic E-state index is 12.5. The maximum absolute atomic E-state index is 12.5. The number of ether oxygens (including phenoxy) is 2. The molecule has 0 atom stereocenters. The van der Waals surface area contributed by atoms with Crippen LogP contribution < -0.4 is 4.90 Å². The number of anilines is 1. The van der Waals surface area contributed by atoms with Gasteiger partial charge in [-0.25, -0.2) is 14.6 Å². The zero-order chi connectivity index (χ0) is 18.7. The molecular formula is C17H21ClN2O4. The monoisotopic (exact) mass is 352 g/mol. The fourth-order valence-electron chi connectivity index (χ4n) is 1.56. The van der Waals surface area contributed by atoms with Crippen LogP contribution in [0.2, 0.25) is 5.02 Å². The molecule has 0 bridgehead atoms. The molecule has 1 rings (SSSR count). The van der Waals surface area contributed by atoms with E-state index in [2.05, 4.69) is 10.9 Å². The summed E-state index contributed by atoms with van der Waals surface area (Å²) in [5.74, 6) is 2.32. The molecule has 0 aliphatic rings. The number of terminal acetylenes is 1. The summed E-state index contributed by atoms with van der Waals surface area (Å²) in [4.78, 5) is 29.6. The highest BCUT2D eigenvalue weighted by atomic mass is 35.5. The lowest BCUT2D eigenvalue weighted by Crippen LogP contribution is -2.44. The van der Waals surface area contributed by atoms with E-state index < -0.39 is 23.4 Å². The first kappa shape index (κ1) is 19.8. The Labute approximate surface area is 147 Å². The lowest BCUT2D eigenvalue weighted by molar-refractivity contribution is 0.0431. The summed E-state index contributed by atoms with van der Waals surface area (Å²) in [7, 11) is 0. The van der Waals surface area contributed by atoms with Crippen molar-refractivity contribution in [2.24, 2.45) is 0 Å². The second-order valence-corrected chi connectivity index (χ2v) is 7.37. The minimum absolute atomic E-state index is 0.0446. The zero-order valence-electron chi connectivity index (χ0n) is 14.6. The molecule has 0 unspecified atom stereocenters. The number of imide groups is 1. The fourth-order valence-corrected chi connectivity index (χ4v) is 1.75. The Morgan fingerprint density at radius 2 is 1.58 bits per heavy atom. The van der Waals surface area contributed by atoms with Crippen molar-refractivity contribution in [3.05, 3.63) is 23.0 Å². The van der Waals surface area contributed by atoms with Crippen molar-refractivity contribution in [2.75, 3.05) is 4.90 Å². The zero-order valence-corrected chi connectivity index (χ0v) is 15.4. The number of pyridine rings is 1. The molecule has 6 nitrogen and oxygen atoms in total. The Hall–Kier alpha value is -2.26. The number of carbonyl (C=O) groups excluding carboxylic acids is 2. The third-order valence-electron chi connectivity index (χ3n) is 2.38. The van der Waals surface area contributed by atoms with E-state index in [0.29, 0.717) is 4.90 Å². The first-order chi connectivity index (χ1) is 10.8. The van der Waals surface area contributed by atoms with E-state index in [1.165, 1.54) is 12.3 Å². The predicted molar refractivity (Wildman–Crippen MR) is 92.1 cm³/mol.